The molecule has 2 N–H and O–H groups in total. The van der Waals surface area contributed by atoms with Crippen LogP contribution in [0.4, 0.5) is 4.39 Å². The number of halogens is 2. The van der Waals surface area contributed by atoms with E-state index in [9.17, 15) is 9.18 Å². The molecule has 0 radical (unpaired) electrons. The number of aromatic nitrogens is 4. The van der Waals surface area contributed by atoms with Crippen molar-refractivity contribution < 1.29 is 9.18 Å². The van der Waals surface area contributed by atoms with Crippen molar-refractivity contribution in [2.24, 2.45) is 7.05 Å². The minimum atomic E-state index is -0.444. The fourth-order valence-corrected chi connectivity index (χ4v) is 2.69. The second-order valence-corrected chi connectivity index (χ2v) is 5.94. The Bertz CT molecular complexity index is 876. The van der Waals surface area contributed by atoms with Crippen molar-refractivity contribution in [3.05, 3.63) is 66.0 Å². The molecular formula is C18H22ClFN6O. The zero-order valence-electron chi connectivity index (χ0n) is 15.1. The number of nitrogens with one attached hydrogen (secondary N) is 2. The van der Waals surface area contributed by atoms with Gasteiger partial charge in [-0.2, -0.15) is 10.2 Å². The van der Waals surface area contributed by atoms with E-state index in [1.165, 1.54) is 12.1 Å². The molecule has 3 rings (SSSR count). The highest BCUT2D eigenvalue weighted by Crippen LogP contribution is 2.11. The van der Waals surface area contributed by atoms with Gasteiger partial charge in [-0.05, 0) is 37.4 Å². The van der Waals surface area contributed by atoms with Crippen LogP contribution in [0.25, 0.3) is 5.69 Å². The first-order chi connectivity index (χ1) is 12.6. The van der Waals surface area contributed by atoms with Crippen LogP contribution in [0.15, 0.2) is 48.9 Å². The van der Waals surface area contributed by atoms with Gasteiger partial charge in [-0.1, -0.05) is 0 Å². The SMILES string of the molecule is CNC(C(=O)NCCc1ccn(-c2ccc(F)cc2)n1)c1cnn(C)c1.Cl. The summed E-state index contributed by atoms with van der Waals surface area (Å²) in [5, 5.41) is 14.4. The topological polar surface area (TPSA) is 76.8 Å². The Morgan fingerprint density at radius 3 is 2.63 bits per heavy atom. The first-order valence-corrected chi connectivity index (χ1v) is 8.31. The number of hydrogen-bond acceptors (Lipinski definition) is 4. The third kappa shape index (κ3) is 5.15. The van der Waals surface area contributed by atoms with Crippen LogP contribution in [-0.2, 0) is 18.3 Å². The molecule has 1 aromatic carbocycles. The third-order valence-electron chi connectivity index (χ3n) is 4.02. The summed E-state index contributed by atoms with van der Waals surface area (Å²) in [6, 6.07) is 7.56. The molecule has 0 fully saturated rings. The number of likely N-dealkylation sites (N-methyl/N-ethyl adjacent to an activating group) is 1. The lowest BCUT2D eigenvalue weighted by Gasteiger charge is -2.14. The van der Waals surface area contributed by atoms with E-state index in [2.05, 4.69) is 20.8 Å². The minimum absolute atomic E-state index is 0. The first-order valence-electron chi connectivity index (χ1n) is 8.31. The molecule has 9 heteroatoms. The van der Waals surface area contributed by atoms with Crippen molar-refractivity contribution in [1.82, 2.24) is 30.2 Å². The molecule has 0 saturated carbocycles. The Labute approximate surface area is 163 Å². The summed E-state index contributed by atoms with van der Waals surface area (Å²) in [5.74, 6) is -0.394. The van der Waals surface area contributed by atoms with Crippen LogP contribution in [-0.4, -0.2) is 39.1 Å². The molecule has 0 aliphatic rings. The summed E-state index contributed by atoms with van der Waals surface area (Å²) in [5.41, 5.74) is 2.44. The van der Waals surface area contributed by atoms with Gasteiger partial charge in [0.2, 0.25) is 5.91 Å². The van der Waals surface area contributed by atoms with E-state index in [0.29, 0.717) is 13.0 Å². The van der Waals surface area contributed by atoms with Crippen LogP contribution in [0.2, 0.25) is 0 Å². The molecule has 0 aliphatic heterocycles. The largest absolute Gasteiger partial charge is 0.354 e. The van der Waals surface area contributed by atoms with Gasteiger partial charge in [0.1, 0.15) is 11.9 Å². The van der Waals surface area contributed by atoms with Crippen molar-refractivity contribution in [3.63, 3.8) is 0 Å². The zero-order chi connectivity index (χ0) is 18.5. The lowest BCUT2D eigenvalue weighted by molar-refractivity contribution is -0.123. The second kappa shape index (κ2) is 9.29. The fourth-order valence-electron chi connectivity index (χ4n) is 2.69. The Morgan fingerprint density at radius 2 is 2.00 bits per heavy atom. The number of rotatable bonds is 7. The Kier molecular flexibility index (Phi) is 7.09. The van der Waals surface area contributed by atoms with Crippen LogP contribution in [0.1, 0.15) is 17.3 Å². The average Bonchev–Trinajstić information content (AvgIpc) is 3.26. The smallest absolute Gasteiger partial charge is 0.241 e. The maximum atomic E-state index is 13.0. The molecule has 2 heterocycles. The molecule has 0 aliphatic carbocycles. The summed E-state index contributed by atoms with van der Waals surface area (Å²) < 4.78 is 16.3. The van der Waals surface area contributed by atoms with Crippen LogP contribution in [0, 0.1) is 5.82 Å². The van der Waals surface area contributed by atoms with E-state index < -0.39 is 6.04 Å². The number of aryl methyl sites for hydroxylation is 1. The molecular weight excluding hydrogens is 371 g/mol. The van der Waals surface area contributed by atoms with Crippen LogP contribution >= 0.6 is 12.4 Å². The van der Waals surface area contributed by atoms with Crippen LogP contribution < -0.4 is 10.6 Å². The van der Waals surface area contributed by atoms with Gasteiger partial charge < -0.3 is 10.6 Å². The number of hydrogen-bond donors (Lipinski definition) is 2. The maximum absolute atomic E-state index is 13.0. The van der Waals surface area contributed by atoms with E-state index in [1.807, 2.05) is 25.5 Å². The summed E-state index contributed by atoms with van der Waals surface area (Å²) in [7, 11) is 3.55. The number of benzene rings is 1. The highest BCUT2D eigenvalue weighted by Gasteiger charge is 2.19. The lowest BCUT2D eigenvalue weighted by Crippen LogP contribution is -2.36. The first kappa shape index (κ1) is 20.6. The minimum Gasteiger partial charge on any atom is -0.354 e. The number of carbonyl (C=O) groups is 1. The van der Waals surface area contributed by atoms with Gasteiger partial charge in [0.25, 0.3) is 0 Å². The summed E-state index contributed by atoms with van der Waals surface area (Å²) in [4.78, 5) is 12.4. The lowest BCUT2D eigenvalue weighted by atomic mass is 10.1. The van der Waals surface area contributed by atoms with E-state index in [4.69, 9.17) is 0 Å². The van der Waals surface area contributed by atoms with Gasteiger partial charge in [-0.3, -0.25) is 9.48 Å². The predicted molar refractivity (Wildman–Crippen MR) is 102 cm³/mol. The van der Waals surface area contributed by atoms with Gasteiger partial charge in [0.05, 0.1) is 17.6 Å². The average molecular weight is 393 g/mol. The summed E-state index contributed by atoms with van der Waals surface area (Å²) in [6.45, 7) is 0.470. The maximum Gasteiger partial charge on any atom is 0.241 e. The van der Waals surface area contributed by atoms with Crippen LogP contribution in [0.3, 0.4) is 0 Å². The molecule has 0 saturated heterocycles. The normalized spacial score (nSPS) is 11.7. The predicted octanol–water partition coefficient (Wildman–Crippen LogP) is 1.79. The van der Waals surface area contributed by atoms with Gasteiger partial charge in [0.15, 0.2) is 0 Å². The van der Waals surface area contributed by atoms with Gasteiger partial charge >= 0.3 is 0 Å². The van der Waals surface area contributed by atoms with Crippen molar-refractivity contribution >= 4 is 18.3 Å². The summed E-state index contributed by atoms with van der Waals surface area (Å²) in [6.07, 6.45) is 5.90. The number of carbonyl (C=O) groups excluding carboxylic acids is 1. The molecule has 7 nitrogen and oxygen atoms in total. The highest BCUT2D eigenvalue weighted by atomic mass is 35.5. The Hall–Kier alpha value is -2.71. The molecule has 0 bridgehead atoms. The molecule has 2 aromatic heterocycles. The van der Waals surface area contributed by atoms with Gasteiger partial charge in [-0.15, -0.1) is 12.4 Å². The van der Waals surface area contributed by atoms with Crippen molar-refractivity contribution in [3.8, 4) is 5.69 Å². The monoisotopic (exact) mass is 392 g/mol. The Morgan fingerprint density at radius 1 is 1.26 bits per heavy atom. The highest BCUT2D eigenvalue weighted by molar-refractivity contribution is 5.85. The molecule has 1 unspecified atom stereocenters. The molecule has 27 heavy (non-hydrogen) atoms. The second-order valence-electron chi connectivity index (χ2n) is 5.94. The van der Waals surface area contributed by atoms with E-state index in [1.54, 1.807) is 34.7 Å². The molecule has 0 spiro atoms. The Balaban J connectivity index is 0.00000261. The molecule has 1 atom stereocenters. The van der Waals surface area contributed by atoms with Crippen LogP contribution in [0.5, 0.6) is 0 Å². The van der Waals surface area contributed by atoms with Gasteiger partial charge in [0, 0.05) is 38.0 Å². The molecule has 144 valence electrons. The number of nitrogens with zero attached hydrogens (tertiary/aromatic N) is 4. The summed E-state index contributed by atoms with van der Waals surface area (Å²) >= 11 is 0. The number of amides is 1. The molecule has 3 aromatic rings. The standard InChI is InChI=1S/C18H21FN6O.ClH/c1-20-17(13-11-22-24(2)12-13)18(26)21-9-7-15-8-10-25(23-15)16-5-3-14(19)4-6-16;/h3-6,8,10-12,17,20H,7,9H2,1-2H3,(H,21,26);1H. The van der Waals surface area contributed by atoms with Crippen molar-refractivity contribution in [2.75, 3.05) is 13.6 Å². The van der Waals surface area contributed by atoms with E-state index in [0.717, 1.165) is 16.9 Å². The zero-order valence-corrected chi connectivity index (χ0v) is 15.9. The third-order valence-corrected chi connectivity index (χ3v) is 4.02. The quantitative estimate of drug-likeness (QED) is 0.642. The van der Waals surface area contributed by atoms with Crippen molar-refractivity contribution in [1.29, 1.82) is 0 Å². The van der Waals surface area contributed by atoms with Crippen molar-refractivity contribution in [2.45, 2.75) is 12.5 Å². The van der Waals surface area contributed by atoms with E-state index in [-0.39, 0.29) is 24.1 Å². The fraction of sp³-hybridized carbons (Fsp3) is 0.278. The molecule has 1 amide bonds. The van der Waals surface area contributed by atoms with E-state index >= 15 is 0 Å². The van der Waals surface area contributed by atoms with Gasteiger partial charge in [-0.25, -0.2) is 9.07 Å².